The number of carbonyl (C=O) groups excluding carboxylic acids is 2. The molecule has 27 heavy (non-hydrogen) atoms. The van der Waals surface area contributed by atoms with Gasteiger partial charge in [0.25, 0.3) is 0 Å². The second-order valence-corrected chi connectivity index (χ2v) is 7.33. The van der Waals surface area contributed by atoms with Crippen LogP contribution in [0.4, 0.5) is 4.79 Å². The summed E-state index contributed by atoms with van der Waals surface area (Å²) in [4.78, 5) is 24.5. The molecular weight excluding hydrogens is 342 g/mol. The van der Waals surface area contributed by atoms with Crippen LogP contribution in [0.25, 0.3) is 0 Å². The summed E-state index contributed by atoms with van der Waals surface area (Å²) in [7, 11) is 1.31. The second-order valence-electron chi connectivity index (χ2n) is 7.33. The van der Waals surface area contributed by atoms with Crippen LogP contribution in [-0.4, -0.2) is 30.8 Å². The number of hydrogen-bond donors (Lipinski definition) is 1. The van der Waals surface area contributed by atoms with Crippen LogP contribution < -0.4 is 5.32 Å². The summed E-state index contributed by atoms with van der Waals surface area (Å²) < 4.78 is 10.2. The SMILES string of the molecule is COC(=O)C(CC(c1ccccc1)c1ccccc1)NC(=O)OC(C)(C)C. The average Bonchev–Trinajstić information content (AvgIpc) is 2.64. The minimum Gasteiger partial charge on any atom is -0.467 e. The minimum absolute atomic E-state index is 0.0774. The molecule has 5 nitrogen and oxygen atoms in total. The molecular formula is C22H27NO4. The molecule has 0 spiro atoms. The third-order valence-corrected chi connectivity index (χ3v) is 4.05. The quantitative estimate of drug-likeness (QED) is 0.772. The standard InChI is InChI=1S/C22H27NO4/c1-22(2,3)27-21(25)23-19(20(24)26-4)15-18(16-11-7-5-8-12-16)17-13-9-6-10-14-17/h5-14,18-19H,15H2,1-4H3,(H,23,25). The van der Waals surface area contributed by atoms with Gasteiger partial charge in [0.1, 0.15) is 11.6 Å². The van der Waals surface area contributed by atoms with Gasteiger partial charge in [-0.1, -0.05) is 60.7 Å². The van der Waals surface area contributed by atoms with E-state index >= 15 is 0 Å². The van der Waals surface area contributed by atoms with E-state index in [-0.39, 0.29) is 5.92 Å². The monoisotopic (exact) mass is 369 g/mol. The third-order valence-electron chi connectivity index (χ3n) is 4.05. The van der Waals surface area contributed by atoms with E-state index in [1.54, 1.807) is 20.8 Å². The summed E-state index contributed by atoms with van der Waals surface area (Å²) in [6.45, 7) is 5.32. The zero-order valence-corrected chi connectivity index (χ0v) is 16.3. The average molecular weight is 369 g/mol. The van der Waals surface area contributed by atoms with Crippen LogP contribution in [-0.2, 0) is 14.3 Å². The fraction of sp³-hybridized carbons (Fsp3) is 0.364. The molecule has 2 aromatic carbocycles. The number of hydrogen-bond acceptors (Lipinski definition) is 4. The fourth-order valence-corrected chi connectivity index (χ4v) is 2.88. The van der Waals surface area contributed by atoms with Gasteiger partial charge in [-0.15, -0.1) is 0 Å². The van der Waals surface area contributed by atoms with Crippen molar-refractivity contribution in [3.63, 3.8) is 0 Å². The predicted octanol–water partition coefficient (Wildman–Crippen LogP) is 4.27. The topological polar surface area (TPSA) is 64.6 Å². The van der Waals surface area contributed by atoms with Crippen molar-refractivity contribution in [1.29, 1.82) is 0 Å². The maximum absolute atomic E-state index is 12.3. The van der Waals surface area contributed by atoms with E-state index in [0.29, 0.717) is 6.42 Å². The van der Waals surface area contributed by atoms with E-state index < -0.39 is 23.7 Å². The summed E-state index contributed by atoms with van der Waals surface area (Å²) in [5.74, 6) is -0.579. The molecule has 0 aliphatic rings. The molecule has 0 heterocycles. The summed E-state index contributed by atoms with van der Waals surface area (Å²) >= 11 is 0. The number of benzene rings is 2. The number of alkyl carbamates (subject to hydrolysis) is 1. The molecule has 0 radical (unpaired) electrons. The smallest absolute Gasteiger partial charge is 0.408 e. The molecule has 1 amide bonds. The van der Waals surface area contributed by atoms with Crippen LogP contribution in [0.5, 0.6) is 0 Å². The van der Waals surface area contributed by atoms with Gasteiger partial charge >= 0.3 is 12.1 Å². The Morgan fingerprint density at radius 2 is 1.41 bits per heavy atom. The lowest BCUT2D eigenvalue weighted by molar-refractivity contribution is -0.143. The molecule has 2 rings (SSSR count). The zero-order chi connectivity index (χ0) is 19.9. The highest BCUT2D eigenvalue weighted by molar-refractivity contribution is 5.81. The summed E-state index contributed by atoms with van der Waals surface area (Å²) in [5.41, 5.74) is 1.47. The van der Waals surface area contributed by atoms with Gasteiger partial charge in [0.2, 0.25) is 0 Å². The maximum Gasteiger partial charge on any atom is 0.408 e. The molecule has 1 unspecified atom stereocenters. The first kappa shape index (κ1) is 20.5. The van der Waals surface area contributed by atoms with Crippen molar-refractivity contribution in [3.8, 4) is 0 Å². The first-order valence-electron chi connectivity index (χ1n) is 8.97. The Kier molecular flexibility index (Phi) is 6.99. The summed E-state index contributed by atoms with van der Waals surface area (Å²) in [6.07, 6.45) is -0.280. The van der Waals surface area contributed by atoms with Crippen LogP contribution in [0.15, 0.2) is 60.7 Å². The molecule has 0 aliphatic heterocycles. The first-order valence-corrected chi connectivity index (χ1v) is 8.97. The van der Waals surface area contributed by atoms with Gasteiger partial charge in [0.05, 0.1) is 7.11 Å². The van der Waals surface area contributed by atoms with E-state index in [1.807, 2.05) is 60.7 Å². The molecule has 2 aromatic rings. The molecule has 0 bridgehead atoms. The van der Waals surface area contributed by atoms with Gasteiger partial charge in [0, 0.05) is 5.92 Å². The Hall–Kier alpha value is -2.82. The van der Waals surface area contributed by atoms with E-state index in [9.17, 15) is 9.59 Å². The lowest BCUT2D eigenvalue weighted by Crippen LogP contribution is -2.44. The van der Waals surface area contributed by atoms with Crippen molar-refractivity contribution in [2.24, 2.45) is 0 Å². The van der Waals surface area contributed by atoms with E-state index in [0.717, 1.165) is 11.1 Å². The molecule has 5 heteroatoms. The number of nitrogens with one attached hydrogen (secondary N) is 1. The molecule has 0 fully saturated rings. The van der Waals surface area contributed by atoms with Crippen molar-refractivity contribution in [1.82, 2.24) is 5.32 Å². The highest BCUT2D eigenvalue weighted by Crippen LogP contribution is 2.29. The van der Waals surface area contributed by atoms with E-state index in [2.05, 4.69) is 5.32 Å². The number of rotatable bonds is 6. The van der Waals surface area contributed by atoms with E-state index in [1.165, 1.54) is 7.11 Å². The molecule has 1 N–H and O–H groups in total. The predicted molar refractivity (Wildman–Crippen MR) is 105 cm³/mol. The van der Waals surface area contributed by atoms with Crippen LogP contribution in [0, 0.1) is 0 Å². The highest BCUT2D eigenvalue weighted by atomic mass is 16.6. The van der Waals surface area contributed by atoms with Gasteiger partial charge in [-0.25, -0.2) is 9.59 Å². The minimum atomic E-state index is -0.824. The summed E-state index contributed by atoms with van der Waals surface area (Å²) in [6, 6.07) is 19.0. The van der Waals surface area contributed by atoms with Gasteiger partial charge in [-0.05, 0) is 38.3 Å². The van der Waals surface area contributed by atoms with Gasteiger partial charge in [-0.2, -0.15) is 0 Å². The zero-order valence-electron chi connectivity index (χ0n) is 16.3. The number of esters is 1. The molecule has 0 saturated heterocycles. The van der Waals surface area contributed by atoms with Crippen LogP contribution in [0.3, 0.4) is 0 Å². The van der Waals surface area contributed by atoms with Gasteiger partial charge in [-0.3, -0.25) is 0 Å². The van der Waals surface area contributed by atoms with Crippen molar-refractivity contribution in [2.75, 3.05) is 7.11 Å². The fourth-order valence-electron chi connectivity index (χ4n) is 2.88. The molecule has 1 atom stereocenters. The molecule has 0 aromatic heterocycles. The first-order chi connectivity index (χ1) is 12.8. The Morgan fingerprint density at radius 1 is 0.926 bits per heavy atom. The van der Waals surface area contributed by atoms with Gasteiger partial charge in [0.15, 0.2) is 0 Å². The lowest BCUT2D eigenvalue weighted by atomic mass is 9.86. The van der Waals surface area contributed by atoms with Crippen LogP contribution in [0.2, 0.25) is 0 Å². The Bertz CT molecular complexity index is 698. The Balaban J connectivity index is 2.27. The Labute approximate surface area is 160 Å². The Morgan fingerprint density at radius 3 is 1.81 bits per heavy atom. The molecule has 0 aliphatic carbocycles. The molecule has 144 valence electrons. The summed E-state index contributed by atoms with van der Waals surface area (Å²) in [5, 5.41) is 2.66. The van der Waals surface area contributed by atoms with Crippen molar-refractivity contribution in [2.45, 2.75) is 44.8 Å². The van der Waals surface area contributed by atoms with Crippen LogP contribution in [0.1, 0.15) is 44.2 Å². The normalized spacial score (nSPS) is 12.3. The van der Waals surface area contributed by atoms with Crippen molar-refractivity contribution < 1.29 is 19.1 Å². The van der Waals surface area contributed by atoms with Gasteiger partial charge < -0.3 is 14.8 Å². The second kappa shape index (κ2) is 9.21. The molecule has 0 saturated carbocycles. The van der Waals surface area contributed by atoms with Crippen molar-refractivity contribution >= 4 is 12.1 Å². The third kappa shape index (κ3) is 6.44. The number of ether oxygens (including phenoxy) is 2. The van der Waals surface area contributed by atoms with E-state index in [4.69, 9.17) is 9.47 Å². The maximum atomic E-state index is 12.3. The lowest BCUT2D eigenvalue weighted by Gasteiger charge is -2.26. The number of carbonyl (C=O) groups is 2. The highest BCUT2D eigenvalue weighted by Gasteiger charge is 2.29. The van der Waals surface area contributed by atoms with Crippen LogP contribution >= 0.6 is 0 Å². The largest absolute Gasteiger partial charge is 0.467 e. The van der Waals surface area contributed by atoms with Crippen molar-refractivity contribution in [3.05, 3.63) is 71.8 Å². The number of amides is 1. The number of methoxy groups -OCH3 is 1.